The fraction of sp³-hybridized carbons (Fsp3) is 0.571. The topological polar surface area (TPSA) is 33.3 Å². The zero-order valence-corrected chi connectivity index (χ0v) is 11.1. The number of hydrogen-bond donors (Lipinski definition) is 2. The third-order valence-corrected chi connectivity index (χ3v) is 3.93. The van der Waals surface area contributed by atoms with Crippen LogP contribution in [0, 0.1) is 19.8 Å². The Hall–Kier alpha value is -1.06. The van der Waals surface area contributed by atoms with E-state index < -0.39 is 0 Å². The summed E-state index contributed by atoms with van der Waals surface area (Å²) in [5, 5.41) is 6.78. The van der Waals surface area contributed by atoms with Gasteiger partial charge in [0, 0.05) is 25.0 Å². The van der Waals surface area contributed by atoms with Crippen LogP contribution in [0.4, 0.5) is 0 Å². The highest BCUT2D eigenvalue weighted by Crippen LogP contribution is 2.32. The SMILES string of the molecule is CNC(c1ccc(OC)c(C)c1C)C1CNC1. The second-order valence-electron chi connectivity index (χ2n) is 4.79. The predicted octanol–water partition coefficient (Wildman–Crippen LogP) is 1.79. The van der Waals surface area contributed by atoms with E-state index in [0.717, 1.165) is 18.8 Å². The Labute approximate surface area is 104 Å². The molecule has 0 radical (unpaired) electrons. The molecule has 1 aromatic rings. The Bertz CT molecular complexity index is 399. The summed E-state index contributed by atoms with van der Waals surface area (Å²) < 4.78 is 5.36. The molecular formula is C14H22N2O. The lowest BCUT2D eigenvalue weighted by molar-refractivity contribution is 0.267. The van der Waals surface area contributed by atoms with Gasteiger partial charge in [0.25, 0.3) is 0 Å². The van der Waals surface area contributed by atoms with Crippen LogP contribution in [0.2, 0.25) is 0 Å². The molecule has 17 heavy (non-hydrogen) atoms. The normalized spacial score (nSPS) is 17.6. The van der Waals surface area contributed by atoms with E-state index in [0.29, 0.717) is 12.0 Å². The molecule has 0 aliphatic carbocycles. The van der Waals surface area contributed by atoms with Crippen LogP contribution in [0.15, 0.2) is 12.1 Å². The zero-order chi connectivity index (χ0) is 12.4. The summed E-state index contributed by atoms with van der Waals surface area (Å²) in [4.78, 5) is 0. The van der Waals surface area contributed by atoms with Gasteiger partial charge < -0.3 is 15.4 Å². The molecule has 1 atom stereocenters. The molecule has 1 unspecified atom stereocenters. The van der Waals surface area contributed by atoms with E-state index in [1.54, 1.807) is 7.11 Å². The third-order valence-electron chi connectivity index (χ3n) is 3.93. The quantitative estimate of drug-likeness (QED) is 0.833. The van der Waals surface area contributed by atoms with Crippen LogP contribution in [0.25, 0.3) is 0 Å². The summed E-state index contributed by atoms with van der Waals surface area (Å²) in [6.45, 7) is 6.53. The molecule has 1 aliphatic heterocycles. The van der Waals surface area contributed by atoms with E-state index in [9.17, 15) is 0 Å². The van der Waals surface area contributed by atoms with Crippen LogP contribution in [-0.4, -0.2) is 27.2 Å². The lowest BCUT2D eigenvalue weighted by Crippen LogP contribution is -2.48. The highest BCUT2D eigenvalue weighted by atomic mass is 16.5. The van der Waals surface area contributed by atoms with E-state index in [2.05, 4.69) is 36.6 Å². The van der Waals surface area contributed by atoms with Gasteiger partial charge in [-0.3, -0.25) is 0 Å². The number of rotatable bonds is 4. The molecule has 2 rings (SSSR count). The smallest absolute Gasteiger partial charge is 0.122 e. The maximum atomic E-state index is 5.36. The molecular weight excluding hydrogens is 212 g/mol. The second-order valence-corrected chi connectivity index (χ2v) is 4.79. The average molecular weight is 234 g/mol. The molecule has 1 aromatic carbocycles. The van der Waals surface area contributed by atoms with Crippen LogP contribution in [0.3, 0.4) is 0 Å². The fourth-order valence-corrected chi connectivity index (χ4v) is 2.57. The summed E-state index contributed by atoms with van der Waals surface area (Å²) in [6.07, 6.45) is 0. The van der Waals surface area contributed by atoms with Gasteiger partial charge >= 0.3 is 0 Å². The average Bonchev–Trinajstić information content (AvgIpc) is 2.27. The molecule has 1 fully saturated rings. The Kier molecular flexibility index (Phi) is 3.69. The molecule has 0 saturated carbocycles. The standard InChI is InChI=1S/C14H22N2O/c1-9-10(2)13(17-4)6-5-12(9)14(15-3)11-7-16-8-11/h5-6,11,14-16H,7-8H2,1-4H3. The van der Waals surface area contributed by atoms with Gasteiger partial charge in [-0.05, 0) is 43.7 Å². The van der Waals surface area contributed by atoms with Crippen molar-refractivity contribution < 1.29 is 4.74 Å². The first kappa shape index (κ1) is 12.4. The number of ether oxygens (including phenoxy) is 1. The van der Waals surface area contributed by atoms with Crippen molar-refractivity contribution in [1.82, 2.24) is 10.6 Å². The molecule has 1 saturated heterocycles. The highest BCUT2D eigenvalue weighted by Gasteiger charge is 2.28. The van der Waals surface area contributed by atoms with Gasteiger partial charge in [0.15, 0.2) is 0 Å². The van der Waals surface area contributed by atoms with Gasteiger partial charge in [-0.15, -0.1) is 0 Å². The first-order chi connectivity index (χ1) is 8.19. The lowest BCUT2D eigenvalue weighted by atomic mass is 9.85. The number of benzene rings is 1. The summed E-state index contributed by atoms with van der Waals surface area (Å²) in [6, 6.07) is 4.72. The van der Waals surface area contributed by atoms with Crippen molar-refractivity contribution in [3.8, 4) is 5.75 Å². The third kappa shape index (κ3) is 2.17. The van der Waals surface area contributed by atoms with Crippen molar-refractivity contribution in [1.29, 1.82) is 0 Å². The summed E-state index contributed by atoms with van der Waals surface area (Å²) in [7, 11) is 3.77. The Morgan fingerprint density at radius 1 is 1.29 bits per heavy atom. The van der Waals surface area contributed by atoms with Crippen LogP contribution >= 0.6 is 0 Å². The van der Waals surface area contributed by atoms with Crippen molar-refractivity contribution in [3.05, 3.63) is 28.8 Å². The van der Waals surface area contributed by atoms with Gasteiger partial charge in [0.1, 0.15) is 5.75 Å². The Morgan fingerprint density at radius 2 is 2.00 bits per heavy atom. The largest absolute Gasteiger partial charge is 0.496 e. The van der Waals surface area contributed by atoms with E-state index in [4.69, 9.17) is 4.74 Å². The Balaban J connectivity index is 2.33. The van der Waals surface area contributed by atoms with Gasteiger partial charge in [-0.2, -0.15) is 0 Å². The van der Waals surface area contributed by atoms with E-state index in [1.165, 1.54) is 16.7 Å². The van der Waals surface area contributed by atoms with E-state index in [1.807, 2.05) is 7.05 Å². The molecule has 0 amide bonds. The van der Waals surface area contributed by atoms with E-state index in [-0.39, 0.29) is 0 Å². The van der Waals surface area contributed by atoms with Crippen molar-refractivity contribution in [2.24, 2.45) is 5.92 Å². The maximum absolute atomic E-state index is 5.36. The molecule has 0 aromatic heterocycles. The van der Waals surface area contributed by atoms with Crippen molar-refractivity contribution in [2.75, 3.05) is 27.2 Å². The Morgan fingerprint density at radius 3 is 2.47 bits per heavy atom. The van der Waals surface area contributed by atoms with Crippen LogP contribution in [-0.2, 0) is 0 Å². The minimum absolute atomic E-state index is 0.445. The van der Waals surface area contributed by atoms with Crippen LogP contribution < -0.4 is 15.4 Å². The van der Waals surface area contributed by atoms with E-state index >= 15 is 0 Å². The highest BCUT2D eigenvalue weighted by molar-refractivity contribution is 5.45. The molecule has 0 bridgehead atoms. The number of methoxy groups -OCH3 is 1. The first-order valence-corrected chi connectivity index (χ1v) is 6.21. The van der Waals surface area contributed by atoms with Crippen molar-refractivity contribution in [2.45, 2.75) is 19.9 Å². The van der Waals surface area contributed by atoms with Gasteiger partial charge in [0.2, 0.25) is 0 Å². The fourth-order valence-electron chi connectivity index (χ4n) is 2.57. The van der Waals surface area contributed by atoms with Crippen LogP contribution in [0.1, 0.15) is 22.7 Å². The predicted molar refractivity (Wildman–Crippen MR) is 70.6 cm³/mol. The maximum Gasteiger partial charge on any atom is 0.122 e. The summed E-state index contributed by atoms with van der Waals surface area (Å²) in [5.74, 6) is 1.68. The summed E-state index contributed by atoms with van der Waals surface area (Å²) >= 11 is 0. The first-order valence-electron chi connectivity index (χ1n) is 6.21. The molecule has 1 heterocycles. The number of hydrogen-bond acceptors (Lipinski definition) is 3. The van der Waals surface area contributed by atoms with Gasteiger partial charge in [-0.1, -0.05) is 6.07 Å². The summed E-state index contributed by atoms with van der Waals surface area (Å²) in [5.41, 5.74) is 3.99. The van der Waals surface area contributed by atoms with Crippen LogP contribution in [0.5, 0.6) is 5.75 Å². The minimum Gasteiger partial charge on any atom is -0.496 e. The van der Waals surface area contributed by atoms with Gasteiger partial charge in [0.05, 0.1) is 7.11 Å². The minimum atomic E-state index is 0.445. The molecule has 1 aliphatic rings. The molecule has 94 valence electrons. The molecule has 3 heteroatoms. The number of nitrogens with one attached hydrogen (secondary N) is 2. The monoisotopic (exact) mass is 234 g/mol. The van der Waals surface area contributed by atoms with Crippen molar-refractivity contribution >= 4 is 0 Å². The lowest BCUT2D eigenvalue weighted by Gasteiger charge is -2.36. The van der Waals surface area contributed by atoms with Gasteiger partial charge in [-0.25, -0.2) is 0 Å². The van der Waals surface area contributed by atoms with Crippen molar-refractivity contribution in [3.63, 3.8) is 0 Å². The molecule has 2 N–H and O–H groups in total. The molecule has 0 spiro atoms. The zero-order valence-electron chi connectivity index (χ0n) is 11.1. The second kappa shape index (κ2) is 5.07. The molecule has 3 nitrogen and oxygen atoms in total.